The molecule has 5 heteroatoms. The second kappa shape index (κ2) is 8.34. The minimum Gasteiger partial charge on any atom is -0.460 e. The summed E-state index contributed by atoms with van der Waals surface area (Å²) in [5.41, 5.74) is 0.474. The Morgan fingerprint density at radius 2 is 2.00 bits per heavy atom. The first-order valence-corrected chi connectivity index (χ1v) is 6.28. The summed E-state index contributed by atoms with van der Waals surface area (Å²) in [5, 5.41) is 0.585. The molecule has 0 saturated heterocycles. The maximum Gasteiger partial charge on any atom is 0.338 e. The van der Waals surface area contributed by atoms with E-state index in [9.17, 15) is 4.79 Å². The molecule has 1 rings (SSSR count). The van der Waals surface area contributed by atoms with E-state index in [4.69, 9.17) is 21.1 Å². The normalized spacial score (nSPS) is 9.29. The van der Waals surface area contributed by atoms with Crippen LogP contribution >= 0.6 is 34.2 Å². The SMILES string of the molecule is O=C(OCCOCC#CI)c1ccc(Cl)cc1. The number of esters is 1. The fourth-order valence-corrected chi connectivity index (χ4v) is 1.29. The predicted octanol–water partition coefficient (Wildman–Crippen LogP) is 2.91. The summed E-state index contributed by atoms with van der Waals surface area (Å²) in [4.78, 5) is 11.5. The van der Waals surface area contributed by atoms with Crippen LogP contribution in [0.3, 0.4) is 0 Å². The van der Waals surface area contributed by atoms with Crippen molar-refractivity contribution in [2.75, 3.05) is 19.8 Å². The van der Waals surface area contributed by atoms with Gasteiger partial charge in [-0.1, -0.05) is 17.5 Å². The average molecular weight is 365 g/mol. The van der Waals surface area contributed by atoms with Crippen LogP contribution in [0, 0.1) is 9.85 Å². The van der Waals surface area contributed by atoms with E-state index in [-0.39, 0.29) is 12.6 Å². The molecule has 3 nitrogen and oxygen atoms in total. The molecular weight excluding hydrogens is 354 g/mol. The highest BCUT2D eigenvalue weighted by Crippen LogP contribution is 2.10. The molecule has 0 aromatic heterocycles. The zero-order chi connectivity index (χ0) is 12.5. The lowest BCUT2D eigenvalue weighted by Crippen LogP contribution is -2.10. The molecule has 1 aromatic carbocycles. The van der Waals surface area contributed by atoms with Gasteiger partial charge in [-0.3, -0.25) is 0 Å². The number of benzene rings is 1. The van der Waals surface area contributed by atoms with Gasteiger partial charge in [0.2, 0.25) is 0 Å². The molecule has 0 radical (unpaired) electrons. The molecular formula is C12H10ClIO3. The van der Waals surface area contributed by atoms with Crippen molar-refractivity contribution < 1.29 is 14.3 Å². The highest BCUT2D eigenvalue weighted by Gasteiger charge is 2.05. The Kier molecular flexibility index (Phi) is 7.01. The Morgan fingerprint density at radius 3 is 2.65 bits per heavy atom. The van der Waals surface area contributed by atoms with Gasteiger partial charge in [-0.2, -0.15) is 0 Å². The minimum absolute atomic E-state index is 0.213. The van der Waals surface area contributed by atoms with Crippen LogP contribution in [0.2, 0.25) is 5.02 Å². The molecule has 17 heavy (non-hydrogen) atoms. The van der Waals surface area contributed by atoms with Crippen LogP contribution in [0.15, 0.2) is 24.3 Å². The molecule has 0 unspecified atom stereocenters. The first-order valence-electron chi connectivity index (χ1n) is 4.83. The number of rotatable bonds is 5. The van der Waals surface area contributed by atoms with Crippen molar-refractivity contribution in [3.8, 4) is 9.85 Å². The third-order valence-corrected chi connectivity index (χ3v) is 2.42. The Bertz CT molecular complexity index is 420. The molecule has 0 spiro atoms. The third-order valence-electron chi connectivity index (χ3n) is 1.78. The molecule has 90 valence electrons. The molecule has 1 aromatic rings. The summed E-state index contributed by atoms with van der Waals surface area (Å²) in [5.74, 6) is 2.35. The number of hydrogen-bond donors (Lipinski definition) is 0. The van der Waals surface area contributed by atoms with Gasteiger partial charge < -0.3 is 9.47 Å². The van der Waals surface area contributed by atoms with Gasteiger partial charge in [0.1, 0.15) is 13.2 Å². The van der Waals surface area contributed by atoms with Gasteiger partial charge in [0.05, 0.1) is 12.2 Å². The quantitative estimate of drug-likeness (QED) is 0.349. The van der Waals surface area contributed by atoms with E-state index in [1.807, 2.05) is 22.6 Å². The monoisotopic (exact) mass is 364 g/mol. The van der Waals surface area contributed by atoms with Gasteiger partial charge in [-0.05, 0) is 28.2 Å². The molecule has 0 N–H and O–H groups in total. The van der Waals surface area contributed by atoms with Gasteiger partial charge in [0, 0.05) is 27.6 Å². The third kappa shape index (κ3) is 5.91. The molecule has 0 saturated carbocycles. The van der Waals surface area contributed by atoms with Gasteiger partial charge in [0.25, 0.3) is 0 Å². The number of hydrogen-bond acceptors (Lipinski definition) is 3. The van der Waals surface area contributed by atoms with Crippen molar-refractivity contribution in [1.29, 1.82) is 0 Å². The number of carbonyl (C=O) groups is 1. The summed E-state index contributed by atoms with van der Waals surface area (Å²) in [6.45, 7) is 0.899. The first kappa shape index (κ1) is 14.3. The molecule has 0 aliphatic heterocycles. The summed E-state index contributed by atoms with van der Waals surface area (Å²) in [6.07, 6.45) is 0. The second-order valence-electron chi connectivity index (χ2n) is 2.97. The predicted molar refractivity (Wildman–Crippen MR) is 74.3 cm³/mol. The summed E-state index contributed by atoms with van der Waals surface area (Å²) in [6, 6.07) is 6.52. The first-order chi connectivity index (χ1) is 8.24. The summed E-state index contributed by atoms with van der Waals surface area (Å²) >= 11 is 7.64. The lowest BCUT2D eigenvalue weighted by molar-refractivity contribution is 0.0359. The van der Waals surface area contributed by atoms with Crippen LogP contribution < -0.4 is 0 Å². The summed E-state index contributed by atoms with van der Waals surface area (Å²) < 4.78 is 12.8. The molecule has 0 bridgehead atoms. The van der Waals surface area contributed by atoms with Crippen LogP contribution in [0.5, 0.6) is 0 Å². The van der Waals surface area contributed by atoms with E-state index < -0.39 is 0 Å². The van der Waals surface area contributed by atoms with Gasteiger partial charge in [0.15, 0.2) is 0 Å². The average Bonchev–Trinajstić information content (AvgIpc) is 2.34. The largest absolute Gasteiger partial charge is 0.460 e. The van der Waals surface area contributed by atoms with E-state index in [0.717, 1.165) is 0 Å². The highest BCUT2D eigenvalue weighted by molar-refractivity contribution is 14.1. The maximum absolute atomic E-state index is 11.5. The van der Waals surface area contributed by atoms with Gasteiger partial charge in [-0.15, -0.1) is 0 Å². The smallest absolute Gasteiger partial charge is 0.338 e. The minimum atomic E-state index is -0.384. The van der Waals surface area contributed by atoms with Crippen molar-refractivity contribution in [3.05, 3.63) is 34.9 Å². The van der Waals surface area contributed by atoms with Crippen LogP contribution in [0.1, 0.15) is 10.4 Å². The molecule has 0 fully saturated rings. The lowest BCUT2D eigenvalue weighted by atomic mass is 10.2. The zero-order valence-electron chi connectivity index (χ0n) is 8.91. The van der Waals surface area contributed by atoms with Gasteiger partial charge >= 0.3 is 5.97 Å². The molecule has 0 heterocycles. The van der Waals surface area contributed by atoms with Crippen molar-refractivity contribution in [3.63, 3.8) is 0 Å². The van der Waals surface area contributed by atoms with Crippen LogP contribution in [0.25, 0.3) is 0 Å². The van der Waals surface area contributed by atoms with E-state index in [1.54, 1.807) is 24.3 Å². The Hall–Kier alpha value is -0.770. The Labute approximate surface area is 119 Å². The zero-order valence-corrected chi connectivity index (χ0v) is 11.8. The van der Waals surface area contributed by atoms with Crippen molar-refractivity contribution in [1.82, 2.24) is 0 Å². The highest BCUT2D eigenvalue weighted by atomic mass is 127. The standard InChI is InChI=1S/C12H10ClIO3/c13-11-4-2-10(3-5-11)12(15)17-9-8-16-7-1-6-14/h2-5H,7-9H2. The molecule has 0 amide bonds. The molecule has 0 atom stereocenters. The van der Waals surface area contributed by atoms with Crippen LogP contribution in [0.4, 0.5) is 0 Å². The maximum atomic E-state index is 11.5. The van der Waals surface area contributed by atoms with Gasteiger partial charge in [-0.25, -0.2) is 4.79 Å². The second-order valence-corrected chi connectivity index (χ2v) is 3.94. The van der Waals surface area contributed by atoms with Crippen LogP contribution in [-0.2, 0) is 9.47 Å². The fourth-order valence-electron chi connectivity index (χ4n) is 1.01. The van der Waals surface area contributed by atoms with Crippen molar-refractivity contribution in [2.45, 2.75) is 0 Å². The number of halogens is 2. The lowest BCUT2D eigenvalue weighted by Gasteiger charge is -2.04. The Balaban J connectivity index is 2.25. The van der Waals surface area contributed by atoms with E-state index in [0.29, 0.717) is 23.8 Å². The Morgan fingerprint density at radius 1 is 1.29 bits per heavy atom. The number of carbonyl (C=O) groups excluding carboxylic acids is 1. The van der Waals surface area contributed by atoms with Crippen LogP contribution in [-0.4, -0.2) is 25.8 Å². The fraction of sp³-hybridized carbons (Fsp3) is 0.250. The molecule has 0 aliphatic carbocycles. The van der Waals surface area contributed by atoms with E-state index >= 15 is 0 Å². The van der Waals surface area contributed by atoms with Crippen molar-refractivity contribution in [2.24, 2.45) is 0 Å². The van der Waals surface area contributed by atoms with Crippen molar-refractivity contribution >= 4 is 40.2 Å². The topological polar surface area (TPSA) is 35.5 Å². The number of ether oxygens (including phenoxy) is 2. The summed E-state index contributed by atoms with van der Waals surface area (Å²) in [7, 11) is 0. The molecule has 0 aliphatic rings. The van der Waals surface area contributed by atoms with E-state index in [1.165, 1.54) is 0 Å². The van der Waals surface area contributed by atoms with E-state index in [2.05, 4.69) is 9.85 Å².